The molecule has 1 heterocycles. The molecule has 0 spiro atoms. The van der Waals surface area contributed by atoms with Crippen LogP contribution < -0.4 is 0 Å². The van der Waals surface area contributed by atoms with Gasteiger partial charge in [0.1, 0.15) is 5.69 Å². The molecule has 0 radical (unpaired) electrons. The molecule has 1 aromatic heterocycles. The monoisotopic (exact) mass is 216 g/mol. The highest BCUT2D eigenvalue weighted by molar-refractivity contribution is 5.98. The third-order valence-electron chi connectivity index (χ3n) is 5.00. The number of aromatic nitrogens is 2. The maximum absolute atomic E-state index is 12.3. The van der Waals surface area contributed by atoms with E-state index in [0.29, 0.717) is 17.4 Å². The predicted molar refractivity (Wildman–Crippen MR) is 58.8 cm³/mol. The van der Waals surface area contributed by atoms with Crippen molar-refractivity contribution < 1.29 is 4.79 Å². The molecule has 3 fully saturated rings. The fourth-order valence-corrected chi connectivity index (χ4v) is 4.39. The molecule has 0 aromatic carbocycles. The number of rotatable bonds is 2. The van der Waals surface area contributed by atoms with Crippen molar-refractivity contribution in [3.05, 3.63) is 18.0 Å². The van der Waals surface area contributed by atoms with Gasteiger partial charge in [0, 0.05) is 19.2 Å². The van der Waals surface area contributed by atoms with Crippen LogP contribution in [0.4, 0.5) is 0 Å². The molecule has 84 valence electrons. The van der Waals surface area contributed by atoms with Crippen LogP contribution >= 0.6 is 0 Å². The van der Waals surface area contributed by atoms with Gasteiger partial charge in [-0.05, 0) is 49.0 Å². The number of ketones is 1. The first kappa shape index (κ1) is 8.97. The fraction of sp³-hybridized carbons (Fsp3) is 0.692. The van der Waals surface area contributed by atoms with E-state index in [0.717, 1.165) is 23.7 Å². The number of hydrogen-bond acceptors (Lipinski definition) is 2. The Balaban J connectivity index is 1.59. The van der Waals surface area contributed by atoms with Gasteiger partial charge in [-0.2, -0.15) is 5.10 Å². The lowest BCUT2D eigenvalue weighted by Gasteiger charge is -2.05. The first-order chi connectivity index (χ1) is 7.75. The molecule has 0 amide bonds. The molecule has 3 aliphatic carbocycles. The second-order valence-electron chi connectivity index (χ2n) is 5.75. The van der Waals surface area contributed by atoms with Crippen LogP contribution in [0.15, 0.2) is 12.3 Å². The predicted octanol–water partition coefficient (Wildman–Crippen LogP) is 1.89. The molecule has 4 atom stereocenters. The van der Waals surface area contributed by atoms with E-state index in [4.69, 9.17) is 0 Å². The lowest BCUT2D eigenvalue weighted by atomic mass is 9.98. The molecule has 3 aliphatic rings. The van der Waals surface area contributed by atoms with Gasteiger partial charge in [-0.25, -0.2) is 0 Å². The number of carbonyl (C=O) groups is 1. The molecule has 2 bridgehead atoms. The molecule has 3 saturated carbocycles. The van der Waals surface area contributed by atoms with Crippen molar-refractivity contribution in [3.63, 3.8) is 0 Å². The third-order valence-corrected chi connectivity index (χ3v) is 5.00. The minimum atomic E-state index is 0.312. The average molecular weight is 216 g/mol. The molecule has 0 N–H and O–H groups in total. The minimum absolute atomic E-state index is 0.312. The van der Waals surface area contributed by atoms with Crippen LogP contribution in [0.2, 0.25) is 0 Å². The van der Waals surface area contributed by atoms with Crippen molar-refractivity contribution in [2.75, 3.05) is 0 Å². The van der Waals surface area contributed by atoms with E-state index in [1.165, 1.54) is 19.3 Å². The van der Waals surface area contributed by atoms with E-state index >= 15 is 0 Å². The van der Waals surface area contributed by atoms with E-state index in [1.54, 1.807) is 4.68 Å². The van der Waals surface area contributed by atoms with Crippen molar-refractivity contribution in [1.82, 2.24) is 9.78 Å². The molecule has 4 rings (SSSR count). The van der Waals surface area contributed by atoms with Gasteiger partial charge >= 0.3 is 0 Å². The summed E-state index contributed by atoms with van der Waals surface area (Å²) >= 11 is 0. The van der Waals surface area contributed by atoms with Gasteiger partial charge < -0.3 is 0 Å². The average Bonchev–Trinajstić information content (AvgIpc) is 2.68. The van der Waals surface area contributed by atoms with Gasteiger partial charge in [-0.3, -0.25) is 9.48 Å². The van der Waals surface area contributed by atoms with Crippen molar-refractivity contribution in [2.24, 2.45) is 36.6 Å². The van der Waals surface area contributed by atoms with Crippen molar-refractivity contribution in [1.29, 1.82) is 0 Å². The van der Waals surface area contributed by atoms with Crippen molar-refractivity contribution >= 4 is 5.78 Å². The van der Waals surface area contributed by atoms with Gasteiger partial charge in [0.05, 0.1) is 0 Å². The summed E-state index contributed by atoms with van der Waals surface area (Å²) in [6.45, 7) is 0. The summed E-state index contributed by atoms with van der Waals surface area (Å²) in [4.78, 5) is 12.3. The summed E-state index contributed by atoms with van der Waals surface area (Å²) in [7, 11) is 1.87. The summed E-state index contributed by atoms with van der Waals surface area (Å²) in [6, 6.07) is 1.86. The highest BCUT2D eigenvalue weighted by Crippen LogP contribution is 2.69. The molecule has 0 aliphatic heterocycles. The molecule has 3 heteroatoms. The quantitative estimate of drug-likeness (QED) is 0.708. The zero-order chi connectivity index (χ0) is 10.9. The Labute approximate surface area is 94.8 Å². The second-order valence-corrected chi connectivity index (χ2v) is 5.75. The number of hydrogen-bond donors (Lipinski definition) is 0. The summed E-state index contributed by atoms with van der Waals surface area (Å²) in [6.07, 6.45) is 6.01. The number of nitrogens with zero attached hydrogens (tertiary/aromatic N) is 2. The van der Waals surface area contributed by atoms with Gasteiger partial charge in [0.25, 0.3) is 0 Å². The number of carbonyl (C=O) groups excluding carboxylic acids is 1. The maximum atomic E-state index is 12.3. The lowest BCUT2D eigenvalue weighted by molar-refractivity contribution is 0.0939. The summed E-state index contributed by atoms with van der Waals surface area (Å²) in [5.41, 5.74) is 0.682. The zero-order valence-electron chi connectivity index (χ0n) is 9.47. The van der Waals surface area contributed by atoms with Crippen LogP contribution in [0.3, 0.4) is 0 Å². The molecule has 4 unspecified atom stereocenters. The van der Waals surface area contributed by atoms with Gasteiger partial charge in [-0.15, -0.1) is 0 Å². The van der Waals surface area contributed by atoms with Crippen molar-refractivity contribution in [2.45, 2.75) is 19.3 Å². The molecular formula is C13H16N2O. The first-order valence-electron chi connectivity index (χ1n) is 6.29. The fourth-order valence-electron chi connectivity index (χ4n) is 4.39. The molecular weight excluding hydrogens is 200 g/mol. The Bertz CT molecular complexity index is 448. The Morgan fingerprint density at radius 1 is 1.38 bits per heavy atom. The molecule has 3 nitrogen and oxygen atoms in total. The largest absolute Gasteiger partial charge is 0.292 e. The third kappa shape index (κ3) is 0.989. The summed E-state index contributed by atoms with van der Waals surface area (Å²) < 4.78 is 1.72. The number of Topliss-reactive ketones (excluding diaryl/α,β-unsaturated/α-hetero) is 1. The number of fused-ring (bicyclic) bond motifs is 5. The van der Waals surface area contributed by atoms with Crippen LogP contribution in [0.5, 0.6) is 0 Å². The van der Waals surface area contributed by atoms with E-state index < -0.39 is 0 Å². The van der Waals surface area contributed by atoms with Crippen LogP contribution in [0.1, 0.15) is 29.8 Å². The maximum Gasteiger partial charge on any atom is 0.186 e. The van der Waals surface area contributed by atoms with E-state index in [1.807, 2.05) is 19.3 Å². The van der Waals surface area contributed by atoms with Gasteiger partial charge in [-0.1, -0.05) is 0 Å². The van der Waals surface area contributed by atoms with E-state index in [-0.39, 0.29) is 0 Å². The highest BCUT2D eigenvalue weighted by Gasteiger charge is 2.67. The summed E-state index contributed by atoms with van der Waals surface area (Å²) in [5.74, 6) is 3.84. The minimum Gasteiger partial charge on any atom is -0.292 e. The molecule has 0 saturated heterocycles. The zero-order valence-corrected chi connectivity index (χ0v) is 9.47. The standard InChI is InChI=1S/C13H16N2O/c1-15-5-4-9(14-15)13(16)12-10-7-2-3-8(6-7)11(10)12/h4-5,7-8,10-12H,2-3,6H2,1H3. The lowest BCUT2D eigenvalue weighted by Crippen LogP contribution is -2.11. The SMILES string of the molecule is Cn1ccc(C(=O)C2C3C4CCC(C4)C23)n1. The molecule has 16 heavy (non-hydrogen) atoms. The topological polar surface area (TPSA) is 34.9 Å². The first-order valence-corrected chi connectivity index (χ1v) is 6.29. The number of aryl methyl sites for hydroxylation is 1. The van der Waals surface area contributed by atoms with Crippen LogP contribution in [0, 0.1) is 29.6 Å². The normalized spacial score (nSPS) is 43.4. The second kappa shape index (κ2) is 2.76. The smallest absolute Gasteiger partial charge is 0.186 e. The Hall–Kier alpha value is -1.12. The Morgan fingerprint density at radius 3 is 2.62 bits per heavy atom. The van der Waals surface area contributed by atoms with Crippen molar-refractivity contribution in [3.8, 4) is 0 Å². The van der Waals surface area contributed by atoms with Crippen LogP contribution in [-0.2, 0) is 7.05 Å². The van der Waals surface area contributed by atoms with E-state index in [9.17, 15) is 4.79 Å². The van der Waals surface area contributed by atoms with E-state index in [2.05, 4.69) is 5.10 Å². The van der Waals surface area contributed by atoms with Crippen LogP contribution in [-0.4, -0.2) is 15.6 Å². The Kier molecular flexibility index (Phi) is 1.55. The summed E-state index contributed by atoms with van der Waals surface area (Å²) in [5, 5.41) is 4.24. The molecule has 1 aromatic rings. The highest BCUT2D eigenvalue weighted by atomic mass is 16.1. The van der Waals surface area contributed by atoms with Crippen LogP contribution in [0.25, 0.3) is 0 Å². The van der Waals surface area contributed by atoms with Gasteiger partial charge in [0.2, 0.25) is 0 Å². The van der Waals surface area contributed by atoms with Gasteiger partial charge in [0.15, 0.2) is 5.78 Å². The Morgan fingerprint density at radius 2 is 2.06 bits per heavy atom.